The van der Waals surface area contributed by atoms with E-state index in [1.807, 2.05) is 11.4 Å². The molecule has 0 spiro atoms. The third-order valence-corrected chi connectivity index (χ3v) is 4.06. The fourth-order valence-electron chi connectivity index (χ4n) is 2.35. The highest BCUT2D eigenvalue weighted by atomic mass is 32.1. The Morgan fingerprint density at radius 2 is 2.07 bits per heavy atom. The average molecular weight is 219 g/mol. The second kappa shape index (κ2) is 3.49. The molecule has 0 unspecified atom stereocenters. The van der Waals surface area contributed by atoms with E-state index in [-0.39, 0.29) is 5.43 Å². The molecule has 1 aliphatic rings. The number of thiophene rings is 1. The van der Waals surface area contributed by atoms with Crippen molar-refractivity contribution < 1.29 is 0 Å². The van der Waals surface area contributed by atoms with Crippen molar-refractivity contribution >= 4 is 21.6 Å². The molecule has 0 saturated carbocycles. The summed E-state index contributed by atoms with van der Waals surface area (Å²) in [6, 6.07) is 2.01. The van der Waals surface area contributed by atoms with E-state index in [2.05, 4.69) is 4.98 Å². The number of aryl methyl sites for hydroxylation is 1. The minimum Gasteiger partial charge on any atom is -0.357 e. The van der Waals surface area contributed by atoms with Crippen LogP contribution >= 0.6 is 11.3 Å². The summed E-state index contributed by atoms with van der Waals surface area (Å²) in [7, 11) is 0. The number of hydrogen-bond acceptors (Lipinski definition) is 2. The maximum atomic E-state index is 12.2. The Kier molecular flexibility index (Phi) is 2.13. The Balaban J connectivity index is 2.33. The van der Waals surface area contributed by atoms with E-state index in [1.54, 1.807) is 11.3 Å². The number of fused-ring (bicyclic) bond motifs is 2. The summed E-state index contributed by atoms with van der Waals surface area (Å²) < 4.78 is 0.899. The summed E-state index contributed by atoms with van der Waals surface area (Å²) in [5.74, 6) is 0. The molecule has 0 aromatic carbocycles. The lowest BCUT2D eigenvalue weighted by Crippen LogP contribution is -2.12. The largest absolute Gasteiger partial charge is 0.357 e. The fourth-order valence-corrected chi connectivity index (χ4v) is 3.17. The predicted octanol–water partition coefficient (Wildman–Crippen LogP) is 2.86. The lowest BCUT2D eigenvalue weighted by atomic mass is 10.1. The van der Waals surface area contributed by atoms with Gasteiger partial charge >= 0.3 is 0 Å². The van der Waals surface area contributed by atoms with Crippen LogP contribution in [0.3, 0.4) is 0 Å². The summed E-state index contributed by atoms with van der Waals surface area (Å²) in [6.45, 7) is 0. The predicted molar refractivity (Wildman–Crippen MR) is 63.7 cm³/mol. The molecule has 2 aromatic heterocycles. The SMILES string of the molecule is O=c1c2c([nH]c3ccsc13)CCCCC2. The third-order valence-electron chi connectivity index (χ3n) is 3.15. The van der Waals surface area contributed by atoms with Crippen molar-refractivity contribution in [1.82, 2.24) is 4.98 Å². The molecule has 0 amide bonds. The van der Waals surface area contributed by atoms with Crippen molar-refractivity contribution in [1.29, 1.82) is 0 Å². The number of aromatic amines is 1. The number of rotatable bonds is 0. The number of nitrogens with one attached hydrogen (secondary N) is 1. The zero-order valence-electron chi connectivity index (χ0n) is 8.51. The lowest BCUT2D eigenvalue weighted by Gasteiger charge is -2.04. The van der Waals surface area contributed by atoms with E-state index in [0.29, 0.717) is 0 Å². The minimum absolute atomic E-state index is 0.274. The van der Waals surface area contributed by atoms with Crippen LogP contribution in [0, 0.1) is 0 Å². The van der Waals surface area contributed by atoms with Crippen LogP contribution in [0.5, 0.6) is 0 Å². The zero-order chi connectivity index (χ0) is 10.3. The first-order valence-electron chi connectivity index (χ1n) is 5.47. The van der Waals surface area contributed by atoms with Gasteiger partial charge in [0.25, 0.3) is 0 Å². The van der Waals surface area contributed by atoms with Crippen LogP contribution < -0.4 is 5.43 Å². The van der Waals surface area contributed by atoms with Gasteiger partial charge in [0.1, 0.15) is 0 Å². The van der Waals surface area contributed by atoms with E-state index in [9.17, 15) is 4.79 Å². The molecule has 0 saturated heterocycles. The number of hydrogen-bond donors (Lipinski definition) is 1. The first kappa shape index (κ1) is 9.16. The molecule has 2 aromatic rings. The summed E-state index contributed by atoms with van der Waals surface area (Å²) in [6.07, 6.45) is 5.61. The highest BCUT2D eigenvalue weighted by molar-refractivity contribution is 7.17. The Bertz CT molecular complexity index is 552. The van der Waals surface area contributed by atoms with Crippen LogP contribution in [-0.2, 0) is 12.8 Å². The normalized spacial score (nSPS) is 16.3. The van der Waals surface area contributed by atoms with Gasteiger partial charge < -0.3 is 4.98 Å². The molecule has 0 fully saturated rings. The van der Waals surface area contributed by atoms with Gasteiger partial charge in [0, 0.05) is 11.3 Å². The van der Waals surface area contributed by atoms with Gasteiger partial charge in [-0.2, -0.15) is 0 Å². The van der Waals surface area contributed by atoms with Crippen molar-refractivity contribution in [2.75, 3.05) is 0 Å². The second-order valence-electron chi connectivity index (χ2n) is 4.14. The molecular weight excluding hydrogens is 206 g/mol. The monoisotopic (exact) mass is 219 g/mol. The maximum absolute atomic E-state index is 12.2. The summed E-state index contributed by atoms with van der Waals surface area (Å²) in [5, 5.41) is 1.99. The van der Waals surface area contributed by atoms with Crippen LogP contribution in [0.2, 0.25) is 0 Å². The molecule has 0 atom stereocenters. The van der Waals surface area contributed by atoms with Crippen molar-refractivity contribution in [3.63, 3.8) is 0 Å². The summed E-state index contributed by atoms with van der Waals surface area (Å²) in [5.41, 5.74) is 3.52. The summed E-state index contributed by atoms with van der Waals surface area (Å²) >= 11 is 1.55. The van der Waals surface area contributed by atoms with Gasteiger partial charge in [-0.1, -0.05) is 6.42 Å². The Morgan fingerprint density at radius 3 is 3.00 bits per heavy atom. The van der Waals surface area contributed by atoms with Crippen LogP contribution in [-0.4, -0.2) is 4.98 Å². The van der Waals surface area contributed by atoms with Gasteiger partial charge in [-0.25, -0.2) is 0 Å². The molecule has 15 heavy (non-hydrogen) atoms. The smallest absolute Gasteiger partial charge is 0.202 e. The average Bonchev–Trinajstić information content (AvgIpc) is 2.56. The van der Waals surface area contributed by atoms with Crippen molar-refractivity contribution in [3.05, 3.63) is 32.9 Å². The van der Waals surface area contributed by atoms with Gasteiger partial charge in [-0.15, -0.1) is 11.3 Å². The summed E-state index contributed by atoms with van der Waals surface area (Å²) in [4.78, 5) is 15.6. The molecule has 0 radical (unpaired) electrons. The van der Waals surface area contributed by atoms with Crippen molar-refractivity contribution in [2.24, 2.45) is 0 Å². The number of pyridine rings is 1. The molecule has 0 aliphatic heterocycles. The number of H-pyrrole nitrogens is 1. The molecule has 1 aliphatic carbocycles. The molecule has 3 rings (SSSR count). The second-order valence-corrected chi connectivity index (χ2v) is 5.05. The number of aromatic nitrogens is 1. The Morgan fingerprint density at radius 1 is 1.20 bits per heavy atom. The quantitative estimate of drug-likeness (QED) is 0.679. The standard InChI is InChI=1S/C12H13NOS/c14-11-8-4-2-1-3-5-9(8)13-10-6-7-15-12(10)11/h6-7H,1-5H2,(H,13,14). The molecule has 0 bridgehead atoms. The first-order valence-corrected chi connectivity index (χ1v) is 6.35. The topological polar surface area (TPSA) is 32.9 Å². The van der Waals surface area contributed by atoms with E-state index >= 15 is 0 Å². The Labute approximate surface area is 92.0 Å². The molecule has 78 valence electrons. The third kappa shape index (κ3) is 1.42. The molecule has 1 N–H and O–H groups in total. The fraction of sp³-hybridized carbons (Fsp3) is 0.417. The first-order chi connectivity index (χ1) is 7.36. The van der Waals surface area contributed by atoms with Gasteiger partial charge in [0.2, 0.25) is 5.43 Å². The van der Waals surface area contributed by atoms with Crippen LogP contribution in [0.4, 0.5) is 0 Å². The van der Waals surface area contributed by atoms with Crippen LogP contribution in [0.25, 0.3) is 10.2 Å². The van der Waals surface area contributed by atoms with E-state index in [1.165, 1.54) is 18.5 Å². The highest BCUT2D eigenvalue weighted by Crippen LogP contribution is 2.22. The van der Waals surface area contributed by atoms with E-state index < -0.39 is 0 Å². The zero-order valence-corrected chi connectivity index (χ0v) is 9.32. The molecule has 2 heterocycles. The van der Waals surface area contributed by atoms with Crippen molar-refractivity contribution in [2.45, 2.75) is 32.1 Å². The Hall–Kier alpha value is -1.09. The van der Waals surface area contributed by atoms with E-state index in [4.69, 9.17) is 0 Å². The molecular formula is C12H13NOS. The van der Waals surface area contributed by atoms with Gasteiger partial charge in [0.15, 0.2) is 0 Å². The van der Waals surface area contributed by atoms with Crippen LogP contribution in [0.15, 0.2) is 16.2 Å². The van der Waals surface area contributed by atoms with Crippen molar-refractivity contribution in [3.8, 4) is 0 Å². The van der Waals surface area contributed by atoms with Gasteiger partial charge in [0.05, 0.1) is 10.2 Å². The minimum atomic E-state index is 0.274. The van der Waals surface area contributed by atoms with Gasteiger partial charge in [-0.3, -0.25) is 4.79 Å². The molecule has 2 nitrogen and oxygen atoms in total. The maximum Gasteiger partial charge on any atom is 0.202 e. The highest BCUT2D eigenvalue weighted by Gasteiger charge is 2.14. The van der Waals surface area contributed by atoms with Crippen LogP contribution in [0.1, 0.15) is 30.5 Å². The lowest BCUT2D eigenvalue weighted by molar-refractivity contribution is 0.708. The molecule has 3 heteroatoms. The van der Waals surface area contributed by atoms with Gasteiger partial charge in [-0.05, 0) is 37.1 Å². The van der Waals surface area contributed by atoms with E-state index in [0.717, 1.165) is 35.0 Å².